The lowest BCUT2D eigenvalue weighted by molar-refractivity contribution is -0.137. The second-order valence-electron chi connectivity index (χ2n) is 11.3. The van der Waals surface area contributed by atoms with Crippen LogP contribution in [0.5, 0.6) is 5.75 Å². The van der Waals surface area contributed by atoms with Crippen molar-refractivity contribution >= 4 is 36.8 Å². The highest BCUT2D eigenvalue weighted by Crippen LogP contribution is 2.55. The predicted octanol–water partition coefficient (Wildman–Crippen LogP) is 12.0. The number of hydrogen-bond acceptors (Lipinski definition) is 7. The fourth-order valence-electron chi connectivity index (χ4n) is 3.31. The van der Waals surface area contributed by atoms with Gasteiger partial charge in [0.2, 0.25) is 11.5 Å². The number of ketones is 1. The Morgan fingerprint density at radius 2 is 1.36 bits per heavy atom. The van der Waals surface area contributed by atoms with Crippen molar-refractivity contribution in [3.63, 3.8) is 0 Å². The van der Waals surface area contributed by atoms with Gasteiger partial charge >= 0.3 is 14.0 Å². The molecule has 1 aliphatic rings. The van der Waals surface area contributed by atoms with Crippen molar-refractivity contribution in [1.29, 1.82) is 0 Å². The SMILES string of the molecule is CC.CC.CC.CC(=O)C#COP(=O)(OC(C)(C)C)OC(C)(C)C.CCC1(F)C(=O)Nc2cc(C(F)(F)F)ccc21.COc1ccc(Cl)cc1. The third-order valence-corrected chi connectivity index (χ3v) is 7.18. The van der Waals surface area contributed by atoms with Gasteiger partial charge in [0.15, 0.2) is 0 Å². The maximum absolute atomic E-state index is 14.2. The van der Waals surface area contributed by atoms with Crippen molar-refractivity contribution in [3.8, 4) is 17.8 Å². The molecule has 1 amide bonds. The molecular formula is C36H55ClF4NO7P. The highest BCUT2D eigenvalue weighted by atomic mass is 35.5. The Bertz CT molecular complexity index is 1390. The molecule has 0 saturated heterocycles. The van der Waals surface area contributed by atoms with Crippen LogP contribution < -0.4 is 10.1 Å². The molecule has 2 aromatic carbocycles. The van der Waals surface area contributed by atoms with Gasteiger partial charge in [-0.2, -0.15) is 13.2 Å². The number of fused-ring (bicyclic) bond motifs is 1. The summed E-state index contributed by atoms with van der Waals surface area (Å²) in [7, 11) is -2.22. The molecule has 2 aromatic rings. The van der Waals surface area contributed by atoms with Gasteiger partial charge in [-0.3, -0.25) is 18.6 Å². The van der Waals surface area contributed by atoms with Crippen molar-refractivity contribution in [2.45, 2.75) is 126 Å². The minimum atomic E-state index is -4.51. The fraction of sp³-hybridized carbons (Fsp3) is 0.556. The fourth-order valence-corrected chi connectivity index (χ4v) is 5.05. The van der Waals surface area contributed by atoms with Crippen LogP contribution in [-0.2, 0) is 39.6 Å². The number of rotatable bonds is 5. The number of carbonyl (C=O) groups excluding carboxylic acids is 2. The summed E-state index contributed by atoms with van der Waals surface area (Å²) in [5.74, 6) is 1.66. The number of Topliss-reactive ketones (excluding diaryl/α,β-unsaturated/α-hetero) is 1. The molecule has 0 aromatic heterocycles. The first-order chi connectivity index (χ1) is 22.9. The van der Waals surface area contributed by atoms with E-state index in [2.05, 4.69) is 17.3 Å². The summed E-state index contributed by atoms with van der Waals surface area (Å²) >= 11 is 5.61. The molecule has 1 atom stereocenters. The van der Waals surface area contributed by atoms with Gasteiger partial charge in [0, 0.05) is 29.1 Å². The molecule has 0 spiro atoms. The highest BCUT2D eigenvalue weighted by Gasteiger charge is 2.47. The van der Waals surface area contributed by atoms with E-state index in [1.54, 1.807) is 60.8 Å². The van der Waals surface area contributed by atoms with Gasteiger partial charge in [0.1, 0.15) is 11.9 Å². The Labute approximate surface area is 301 Å². The van der Waals surface area contributed by atoms with Crippen LogP contribution in [0.1, 0.15) is 114 Å². The van der Waals surface area contributed by atoms with Gasteiger partial charge in [-0.15, -0.1) is 0 Å². The monoisotopic (exact) mass is 755 g/mol. The molecule has 0 fully saturated rings. The normalized spacial score (nSPS) is 14.5. The minimum absolute atomic E-state index is 0.0296. The van der Waals surface area contributed by atoms with Crippen molar-refractivity contribution in [2.75, 3.05) is 12.4 Å². The lowest BCUT2D eigenvalue weighted by atomic mass is 9.94. The van der Waals surface area contributed by atoms with E-state index in [9.17, 15) is 31.7 Å². The summed E-state index contributed by atoms with van der Waals surface area (Å²) in [6.07, 6.45) is -2.56. The van der Waals surface area contributed by atoms with E-state index in [1.165, 1.54) is 13.8 Å². The Morgan fingerprint density at radius 3 is 1.72 bits per heavy atom. The van der Waals surface area contributed by atoms with Crippen molar-refractivity contribution < 1.29 is 50.0 Å². The predicted molar refractivity (Wildman–Crippen MR) is 194 cm³/mol. The molecule has 14 heteroatoms. The average molecular weight is 756 g/mol. The van der Waals surface area contributed by atoms with Gasteiger partial charge in [-0.25, -0.2) is 8.96 Å². The molecule has 1 aliphatic heterocycles. The Balaban J connectivity index is -0.000000639. The van der Waals surface area contributed by atoms with Gasteiger partial charge in [-0.1, -0.05) is 66.1 Å². The zero-order chi connectivity index (χ0) is 40.1. The van der Waals surface area contributed by atoms with Gasteiger partial charge in [0.05, 0.1) is 23.9 Å². The maximum Gasteiger partial charge on any atom is 0.539 e. The topological polar surface area (TPSA) is 100 Å². The van der Waals surface area contributed by atoms with Crippen LogP contribution in [0.25, 0.3) is 0 Å². The Hall–Kier alpha value is -3.10. The molecule has 0 aliphatic carbocycles. The minimum Gasteiger partial charge on any atom is -0.497 e. The molecule has 286 valence electrons. The average Bonchev–Trinajstić information content (AvgIpc) is 3.27. The quantitative estimate of drug-likeness (QED) is 0.184. The van der Waals surface area contributed by atoms with Gasteiger partial charge < -0.3 is 14.6 Å². The third-order valence-electron chi connectivity index (χ3n) is 5.07. The van der Waals surface area contributed by atoms with Crippen LogP contribution in [0.3, 0.4) is 0 Å². The van der Waals surface area contributed by atoms with Crippen LogP contribution in [0.15, 0.2) is 42.5 Å². The van der Waals surface area contributed by atoms with E-state index in [0.717, 1.165) is 29.0 Å². The number of amides is 1. The molecule has 8 nitrogen and oxygen atoms in total. The van der Waals surface area contributed by atoms with Crippen molar-refractivity contribution in [2.24, 2.45) is 0 Å². The van der Waals surface area contributed by atoms with E-state index in [4.69, 9.17) is 29.9 Å². The van der Waals surface area contributed by atoms with Crippen LogP contribution in [0.4, 0.5) is 23.2 Å². The Morgan fingerprint density at radius 1 is 0.900 bits per heavy atom. The third kappa shape index (κ3) is 19.9. The molecular weight excluding hydrogens is 701 g/mol. The number of phosphoric acid groups is 1. The van der Waals surface area contributed by atoms with E-state index in [0.29, 0.717) is 0 Å². The molecule has 0 radical (unpaired) electrons. The van der Waals surface area contributed by atoms with E-state index >= 15 is 0 Å². The first kappa shape index (κ1) is 51.3. The molecule has 1 N–H and O–H groups in total. The summed E-state index contributed by atoms with van der Waals surface area (Å²) in [6.45, 7) is 25.0. The second-order valence-corrected chi connectivity index (χ2v) is 13.1. The number of methoxy groups -OCH3 is 1. The lowest BCUT2D eigenvalue weighted by Crippen LogP contribution is -2.28. The number of ether oxygens (including phenoxy) is 1. The van der Waals surface area contributed by atoms with Crippen LogP contribution in [0, 0.1) is 12.0 Å². The maximum atomic E-state index is 14.2. The van der Waals surface area contributed by atoms with E-state index < -0.39 is 48.1 Å². The van der Waals surface area contributed by atoms with Gasteiger partial charge in [-0.05, 0) is 84.4 Å². The summed E-state index contributed by atoms with van der Waals surface area (Å²) in [5, 5.41) is 2.87. The number of anilines is 1. The van der Waals surface area contributed by atoms with Crippen LogP contribution in [-0.4, -0.2) is 30.0 Å². The summed E-state index contributed by atoms with van der Waals surface area (Å²) < 4.78 is 84.1. The zero-order valence-electron chi connectivity index (χ0n) is 31.9. The number of nitrogens with one attached hydrogen (secondary N) is 1. The number of halogens is 5. The molecule has 3 rings (SSSR count). The summed E-state index contributed by atoms with van der Waals surface area (Å²) in [5.41, 5.74) is -4.71. The largest absolute Gasteiger partial charge is 0.539 e. The first-order valence-electron chi connectivity index (χ1n) is 16.2. The molecule has 1 unspecified atom stereocenters. The molecule has 50 heavy (non-hydrogen) atoms. The second kappa shape index (κ2) is 23.4. The highest BCUT2D eigenvalue weighted by molar-refractivity contribution is 7.48. The number of alkyl halides is 4. The first-order valence-corrected chi connectivity index (χ1v) is 18.0. The number of benzene rings is 2. The van der Waals surface area contributed by atoms with E-state index in [-0.39, 0.29) is 17.7 Å². The standard InChI is InChI=1S/C12H21O5P.C11H9F4NO.C7H7ClO.3C2H6/c1-10(13)8-9-15-18(14,16-11(2,3)4)17-12(5,6)7;1-2-10(12)7-4-3-6(11(13,14)15)5-8(7)16-9(10)17;1-9-7-4-2-6(8)3-5-7;3*1-2/h1-7H3;3-5H,2H2,1H3,(H,16,17);2-5H,1H3;3*1-2H3. The van der Waals surface area contributed by atoms with Gasteiger partial charge in [0.25, 0.3) is 5.91 Å². The lowest BCUT2D eigenvalue weighted by Gasteiger charge is -2.29. The summed E-state index contributed by atoms with van der Waals surface area (Å²) in [6, 6.07) is 9.78. The molecule has 0 bridgehead atoms. The van der Waals surface area contributed by atoms with Crippen molar-refractivity contribution in [1.82, 2.24) is 0 Å². The zero-order valence-corrected chi connectivity index (χ0v) is 33.6. The smallest absolute Gasteiger partial charge is 0.497 e. The Kier molecular flexibility index (Phi) is 24.0. The molecule has 0 saturated carbocycles. The number of phosphoric ester groups is 1. The number of hydrogen-bond donors (Lipinski definition) is 1. The van der Waals surface area contributed by atoms with Crippen LogP contribution >= 0.6 is 19.4 Å². The van der Waals surface area contributed by atoms with Crippen LogP contribution in [0.2, 0.25) is 5.02 Å². The number of carbonyl (C=O) groups is 2. The summed E-state index contributed by atoms with van der Waals surface area (Å²) in [4.78, 5) is 22.1. The van der Waals surface area contributed by atoms with E-state index in [1.807, 2.05) is 53.7 Å². The van der Waals surface area contributed by atoms with Crippen molar-refractivity contribution in [3.05, 3.63) is 58.6 Å². The molecule has 1 heterocycles.